The fraction of sp³-hybridized carbons (Fsp3) is 0.800. The molecule has 3 rings (SSSR count). The van der Waals surface area contributed by atoms with Gasteiger partial charge in [0.05, 0.1) is 6.20 Å². The van der Waals surface area contributed by atoms with E-state index in [-0.39, 0.29) is 0 Å². The van der Waals surface area contributed by atoms with Crippen molar-refractivity contribution in [3.63, 3.8) is 0 Å². The highest BCUT2D eigenvalue weighted by atomic mass is 15.3. The van der Waals surface area contributed by atoms with Crippen molar-refractivity contribution in [1.29, 1.82) is 0 Å². The summed E-state index contributed by atoms with van der Waals surface area (Å²) < 4.78 is 2.03. The number of nitrogens with one attached hydrogen (secondary N) is 1. The van der Waals surface area contributed by atoms with Crippen LogP contribution in [0.1, 0.15) is 44.6 Å². The van der Waals surface area contributed by atoms with Gasteiger partial charge in [-0.2, -0.15) is 5.10 Å². The van der Waals surface area contributed by atoms with Gasteiger partial charge >= 0.3 is 0 Å². The normalized spacial score (nSPS) is 28.9. The van der Waals surface area contributed by atoms with Crippen molar-refractivity contribution in [3.05, 3.63) is 18.0 Å². The van der Waals surface area contributed by atoms with E-state index >= 15 is 0 Å². The SMILES string of the molecule is CCn1cc(CN2CCCCC2C2CCCN2)cn1. The summed E-state index contributed by atoms with van der Waals surface area (Å²) in [6, 6.07) is 1.46. The minimum atomic E-state index is 0.724. The molecule has 0 aliphatic carbocycles. The summed E-state index contributed by atoms with van der Waals surface area (Å²) in [5.41, 5.74) is 1.37. The van der Waals surface area contributed by atoms with Crippen LogP contribution in [0.25, 0.3) is 0 Å². The predicted octanol–water partition coefficient (Wildman–Crippen LogP) is 2.01. The Kier molecular flexibility index (Phi) is 4.18. The second-order valence-corrected chi connectivity index (χ2v) is 5.94. The van der Waals surface area contributed by atoms with Crippen LogP contribution in [0.15, 0.2) is 12.4 Å². The van der Waals surface area contributed by atoms with Crippen molar-refractivity contribution in [1.82, 2.24) is 20.0 Å². The van der Waals surface area contributed by atoms with Gasteiger partial charge in [-0.05, 0) is 45.7 Å². The first kappa shape index (κ1) is 13.1. The van der Waals surface area contributed by atoms with E-state index in [0.717, 1.165) is 25.2 Å². The third-order valence-corrected chi connectivity index (χ3v) is 4.62. The van der Waals surface area contributed by atoms with Gasteiger partial charge in [0.2, 0.25) is 0 Å². The first-order chi connectivity index (χ1) is 9.36. The average Bonchev–Trinajstić information content (AvgIpc) is 3.10. The Balaban J connectivity index is 1.65. The summed E-state index contributed by atoms with van der Waals surface area (Å²) in [7, 11) is 0. The molecule has 2 atom stereocenters. The van der Waals surface area contributed by atoms with Gasteiger partial charge in [-0.3, -0.25) is 9.58 Å². The molecule has 0 bridgehead atoms. The Bertz CT molecular complexity index is 395. The fourth-order valence-electron chi connectivity index (χ4n) is 3.60. The van der Waals surface area contributed by atoms with Gasteiger partial charge in [-0.15, -0.1) is 0 Å². The first-order valence-electron chi connectivity index (χ1n) is 7.85. The number of piperidine rings is 1. The van der Waals surface area contributed by atoms with E-state index in [9.17, 15) is 0 Å². The Hall–Kier alpha value is -0.870. The van der Waals surface area contributed by atoms with E-state index in [0.29, 0.717) is 0 Å². The monoisotopic (exact) mass is 262 g/mol. The van der Waals surface area contributed by atoms with Crippen molar-refractivity contribution in [2.75, 3.05) is 13.1 Å². The molecule has 3 heterocycles. The Morgan fingerprint density at radius 3 is 3.00 bits per heavy atom. The number of aryl methyl sites for hydroxylation is 1. The molecule has 2 fully saturated rings. The van der Waals surface area contributed by atoms with Crippen molar-refractivity contribution in [2.45, 2.75) is 64.2 Å². The van der Waals surface area contributed by atoms with E-state index in [1.54, 1.807) is 0 Å². The lowest BCUT2D eigenvalue weighted by molar-refractivity contribution is 0.112. The molecule has 0 amide bonds. The minimum Gasteiger partial charge on any atom is -0.312 e. The lowest BCUT2D eigenvalue weighted by Crippen LogP contribution is -2.49. The lowest BCUT2D eigenvalue weighted by Gasteiger charge is -2.39. The summed E-state index contributed by atoms with van der Waals surface area (Å²) in [5.74, 6) is 0. The van der Waals surface area contributed by atoms with Crippen LogP contribution in [0.4, 0.5) is 0 Å². The molecular formula is C15H26N4. The van der Waals surface area contributed by atoms with Gasteiger partial charge in [-0.1, -0.05) is 6.42 Å². The number of likely N-dealkylation sites (tertiary alicyclic amines) is 1. The number of hydrogen-bond acceptors (Lipinski definition) is 3. The summed E-state index contributed by atoms with van der Waals surface area (Å²) in [4.78, 5) is 2.68. The second-order valence-electron chi connectivity index (χ2n) is 5.94. The predicted molar refractivity (Wildman–Crippen MR) is 77.0 cm³/mol. The maximum absolute atomic E-state index is 4.40. The van der Waals surface area contributed by atoms with Gasteiger partial charge in [0.25, 0.3) is 0 Å². The zero-order chi connectivity index (χ0) is 13.1. The van der Waals surface area contributed by atoms with Crippen LogP contribution in [-0.4, -0.2) is 39.9 Å². The molecule has 0 aromatic carbocycles. The highest BCUT2D eigenvalue weighted by molar-refractivity contribution is 5.05. The van der Waals surface area contributed by atoms with E-state index in [1.807, 2.05) is 10.9 Å². The van der Waals surface area contributed by atoms with Crippen LogP contribution < -0.4 is 5.32 Å². The van der Waals surface area contributed by atoms with Gasteiger partial charge in [0.15, 0.2) is 0 Å². The molecule has 0 radical (unpaired) electrons. The quantitative estimate of drug-likeness (QED) is 0.901. The smallest absolute Gasteiger partial charge is 0.0534 e. The van der Waals surface area contributed by atoms with Crippen LogP contribution in [-0.2, 0) is 13.1 Å². The molecule has 2 aliphatic rings. The zero-order valence-corrected chi connectivity index (χ0v) is 12.0. The summed E-state index contributed by atoms with van der Waals surface area (Å²) in [6.45, 7) is 6.64. The zero-order valence-electron chi connectivity index (χ0n) is 12.0. The third kappa shape index (κ3) is 3.00. The largest absolute Gasteiger partial charge is 0.312 e. The molecule has 2 unspecified atom stereocenters. The second kappa shape index (κ2) is 6.06. The van der Waals surface area contributed by atoms with Crippen molar-refractivity contribution in [2.24, 2.45) is 0 Å². The molecule has 4 heteroatoms. The number of aromatic nitrogens is 2. The first-order valence-corrected chi connectivity index (χ1v) is 7.85. The molecule has 1 aromatic heterocycles. The molecule has 2 aliphatic heterocycles. The molecule has 1 N–H and O–H groups in total. The minimum absolute atomic E-state index is 0.724. The van der Waals surface area contributed by atoms with Gasteiger partial charge < -0.3 is 5.32 Å². The van der Waals surface area contributed by atoms with Crippen LogP contribution >= 0.6 is 0 Å². The molecule has 2 saturated heterocycles. The van der Waals surface area contributed by atoms with E-state index < -0.39 is 0 Å². The maximum atomic E-state index is 4.40. The van der Waals surface area contributed by atoms with Crippen molar-refractivity contribution < 1.29 is 0 Å². The van der Waals surface area contributed by atoms with Crippen LogP contribution in [0.3, 0.4) is 0 Å². The maximum Gasteiger partial charge on any atom is 0.0534 e. The lowest BCUT2D eigenvalue weighted by atomic mass is 9.94. The third-order valence-electron chi connectivity index (χ3n) is 4.62. The topological polar surface area (TPSA) is 33.1 Å². The van der Waals surface area contributed by atoms with E-state index in [4.69, 9.17) is 0 Å². The summed E-state index contributed by atoms with van der Waals surface area (Å²) in [6.07, 6.45) is 11.1. The molecule has 1 aromatic rings. The Morgan fingerprint density at radius 1 is 1.32 bits per heavy atom. The highest BCUT2D eigenvalue weighted by Crippen LogP contribution is 2.25. The highest BCUT2D eigenvalue weighted by Gasteiger charge is 2.31. The number of hydrogen-bond donors (Lipinski definition) is 1. The van der Waals surface area contributed by atoms with E-state index in [2.05, 4.69) is 28.4 Å². The molecule has 106 valence electrons. The van der Waals surface area contributed by atoms with E-state index in [1.165, 1.54) is 50.8 Å². The average molecular weight is 262 g/mol. The van der Waals surface area contributed by atoms with Crippen LogP contribution in [0, 0.1) is 0 Å². The van der Waals surface area contributed by atoms with Gasteiger partial charge in [0.1, 0.15) is 0 Å². The fourth-order valence-corrected chi connectivity index (χ4v) is 3.60. The Labute approximate surface area is 116 Å². The molecule has 19 heavy (non-hydrogen) atoms. The number of nitrogens with zero attached hydrogens (tertiary/aromatic N) is 3. The molecule has 4 nitrogen and oxygen atoms in total. The number of rotatable bonds is 4. The Morgan fingerprint density at radius 2 is 2.26 bits per heavy atom. The molecular weight excluding hydrogens is 236 g/mol. The van der Waals surface area contributed by atoms with Crippen molar-refractivity contribution in [3.8, 4) is 0 Å². The molecule has 0 saturated carbocycles. The van der Waals surface area contributed by atoms with Crippen molar-refractivity contribution >= 4 is 0 Å². The summed E-state index contributed by atoms with van der Waals surface area (Å²) in [5, 5.41) is 8.09. The van der Waals surface area contributed by atoms with Crippen LogP contribution in [0.5, 0.6) is 0 Å². The van der Waals surface area contributed by atoms with Gasteiger partial charge in [0, 0.05) is 36.9 Å². The van der Waals surface area contributed by atoms with Gasteiger partial charge in [-0.25, -0.2) is 0 Å². The standard InChI is InChI=1S/C15H26N4/c1-2-19-12-13(10-17-19)11-18-9-4-3-7-15(18)14-6-5-8-16-14/h10,12,14-16H,2-9,11H2,1H3. The molecule has 0 spiro atoms. The van der Waals surface area contributed by atoms with Crippen LogP contribution in [0.2, 0.25) is 0 Å². The summed E-state index contributed by atoms with van der Waals surface area (Å²) >= 11 is 0.